The van der Waals surface area contributed by atoms with Crippen LogP contribution in [0, 0.1) is 0 Å². The summed E-state index contributed by atoms with van der Waals surface area (Å²) < 4.78 is 14.8. The number of benzene rings is 1. The average molecular weight is 352 g/mol. The van der Waals surface area contributed by atoms with Gasteiger partial charge in [-0.3, -0.25) is 9.59 Å². The molecule has 1 aromatic carbocycles. The Balaban J connectivity index is 2.80. The zero-order valence-electron chi connectivity index (χ0n) is 14.7. The fraction of sp³-hybridized carbons (Fsp3) is 0.500. The molecule has 0 saturated heterocycles. The predicted octanol–water partition coefficient (Wildman–Crippen LogP) is 1.93. The third-order valence-electron chi connectivity index (χ3n) is 3.41. The molecule has 0 amide bonds. The first-order valence-electron chi connectivity index (χ1n) is 8.12. The highest BCUT2D eigenvalue weighted by Crippen LogP contribution is 2.23. The van der Waals surface area contributed by atoms with Crippen molar-refractivity contribution in [1.29, 1.82) is 0 Å². The van der Waals surface area contributed by atoms with Gasteiger partial charge in [0, 0.05) is 0 Å². The summed E-state index contributed by atoms with van der Waals surface area (Å²) in [5.74, 6) is -2.69. The van der Waals surface area contributed by atoms with Gasteiger partial charge in [0.05, 0.1) is 26.1 Å². The van der Waals surface area contributed by atoms with Crippen molar-refractivity contribution in [3.8, 4) is 0 Å². The number of esters is 3. The summed E-state index contributed by atoms with van der Waals surface area (Å²) in [4.78, 5) is 35.8. The quantitative estimate of drug-likeness (QED) is 0.535. The zero-order chi connectivity index (χ0) is 18.9. The van der Waals surface area contributed by atoms with Gasteiger partial charge in [-0.15, -0.1) is 0 Å². The average Bonchev–Trinajstić information content (AvgIpc) is 2.55. The highest BCUT2D eigenvalue weighted by molar-refractivity contribution is 5.90. The molecule has 0 fully saturated rings. The normalized spacial score (nSPS) is 14.1. The molecule has 7 nitrogen and oxygen atoms in total. The van der Waals surface area contributed by atoms with E-state index >= 15 is 0 Å². The molecular formula is C18H24O7. The van der Waals surface area contributed by atoms with E-state index in [-0.39, 0.29) is 13.2 Å². The molecule has 1 aromatic rings. The van der Waals surface area contributed by atoms with E-state index in [1.165, 1.54) is 0 Å². The Morgan fingerprint density at radius 2 is 1.56 bits per heavy atom. The minimum Gasteiger partial charge on any atom is -0.466 e. The van der Waals surface area contributed by atoms with Crippen LogP contribution in [0.1, 0.15) is 45.3 Å². The Bertz CT molecular complexity index is 584. The van der Waals surface area contributed by atoms with Crippen molar-refractivity contribution >= 4 is 17.9 Å². The number of hydrogen-bond acceptors (Lipinski definition) is 7. The van der Waals surface area contributed by atoms with E-state index in [1.807, 2.05) is 6.07 Å². The van der Waals surface area contributed by atoms with Crippen LogP contribution in [0.2, 0.25) is 0 Å². The Morgan fingerprint density at radius 3 is 2.12 bits per heavy atom. The summed E-state index contributed by atoms with van der Waals surface area (Å²) in [6.45, 7) is 4.91. The maximum Gasteiger partial charge on any atom is 0.339 e. The smallest absolute Gasteiger partial charge is 0.339 e. The van der Waals surface area contributed by atoms with Gasteiger partial charge in [-0.2, -0.15) is 0 Å². The van der Waals surface area contributed by atoms with Crippen LogP contribution in [0.4, 0.5) is 0 Å². The second-order valence-electron chi connectivity index (χ2n) is 5.45. The minimum atomic E-state index is -2.32. The van der Waals surface area contributed by atoms with Crippen LogP contribution >= 0.6 is 0 Å². The first-order chi connectivity index (χ1) is 11.8. The summed E-state index contributed by atoms with van der Waals surface area (Å²) in [6.07, 6.45) is -1.96. The standard InChI is InChI=1S/C18H24O7/c1-4-23-15(19)11-18(22,17(21)24-5-2)12-16(20)25-13(3)14-9-7-6-8-10-14/h6-10,13,22H,4-5,11-12H2,1-3H3. The number of rotatable bonds is 9. The van der Waals surface area contributed by atoms with E-state index in [0.29, 0.717) is 0 Å². The first kappa shape index (κ1) is 20.6. The molecule has 0 radical (unpaired) electrons. The molecule has 1 rings (SSSR count). The predicted molar refractivity (Wildman–Crippen MR) is 88.4 cm³/mol. The van der Waals surface area contributed by atoms with Gasteiger partial charge >= 0.3 is 17.9 Å². The molecule has 25 heavy (non-hydrogen) atoms. The molecule has 0 bridgehead atoms. The van der Waals surface area contributed by atoms with Gasteiger partial charge in [-0.05, 0) is 26.3 Å². The SMILES string of the molecule is CCOC(=O)CC(O)(CC(=O)OC(C)c1ccccc1)C(=O)OCC. The Hall–Kier alpha value is -2.41. The van der Waals surface area contributed by atoms with Crippen LogP contribution in [0.15, 0.2) is 30.3 Å². The number of ether oxygens (including phenoxy) is 3. The summed E-state index contributed by atoms with van der Waals surface area (Å²) in [5.41, 5.74) is -1.56. The fourth-order valence-corrected chi connectivity index (χ4v) is 2.19. The van der Waals surface area contributed by atoms with Crippen molar-refractivity contribution in [3.63, 3.8) is 0 Å². The molecule has 2 atom stereocenters. The second-order valence-corrected chi connectivity index (χ2v) is 5.45. The van der Waals surface area contributed by atoms with E-state index in [4.69, 9.17) is 14.2 Å². The monoisotopic (exact) mass is 352 g/mol. The molecule has 0 saturated carbocycles. The van der Waals surface area contributed by atoms with Crippen LogP contribution in [-0.4, -0.2) is 41.8 Å². The third-order valence-corrected chi connectivity index (χ3v) is 3.41. The summed E-state index contributed by atoms with van der Waals surface area (Å²) >= 11 is 0. The van der Waals surface area contributed by atoms with Crippen LogP contribution in [0.3, 0.4) is 0 Å². The maximum atomic E-state index is 12.1. The molecule has 7 heteroatoms. The lowest BCUT2D eigenvalue weighted by atomic mass is 9.95. The lowest BCUT2D eigenvalue weighted by Crippen LogP contribution is -2.44. The van der Waals surface area contributed by atoms with E-state index < -0.39 is 42.5 Å². The van der Waals surface area contributed by atoms with Crippen molar-refractivity contribution in [3.05, 3.63) is 35.9 Å². The van der Waals surface area contributed by atoms with Crippen molar-refractivity contribution in [1.82, 2.24) is 0 Å². The van der Waals surface area contributed by atoms with E-state index in [1.54, 1.807) is 45.0 Å². The number of aliphatic hydroxyl groups is 1. The van der Waals surface area contributed by atoms with E-state index in [2.05, 4.69) is 0 Å². The van der Waals surface area contributed by atoms with Gasteiger partial charge in [-0.25, -0.2) is 4.79 Å². The number of carbonyl (C=O) groups excluding carboxylic acids is 3. The highest BCUT2D eigenvalue weighted by Gasteiger charge is 2.43. The summed E-state index contributed by atoms with van der Waals surface area (Å²) in [6, 6.07) is 9.00. The molecule has 0 aliphatic heterocycles. The van der Waals surface area contributed by atoms with Crippen LogP contribution in [-0.2, 0) is 28.6 Å². The van der Waals surface area contributed by atoms with Gasteiger partial charge in [-0.1, -0.05) is 30.3 Å². The summed E-state index contributed by atoms with van der Waals surface area (Å²) in [5, 5.41) is 10.5. The Labute approximate surface area is 146 Å². The topological polar surface area (TPSA) is 99.1 Å². The zero-order valence-corrected chi connectivity index (χ0v) is 14.7. The maximum absolute atomic E-state index is 12.1. The Morgan fingerprint density at radius 1 is 1.00 bits per heavy atom. The van der Waals surface area contributed by atoms with Gasteiger partial charge in [0.1, 0.15) is 6.10 Å². The van der Waals surface area contributed by atoms with Crippen molar-refractivity contribution in [2.45, 2.75) is 45.3 Å². The molecule has 0 aliphatic rings. The third kappa shape index (κ3) is 6.54. The fourth-order valence-electron chi connectivity index (χ4n) is 2.19. The highest BCUT2D eigenvalue weighted by atomic mass is 16.6. The molecule has 2 unspecified atom stereocenters. The van der Waals surface area contributed by atoms with E-state index in [0.717, 1.165) is 5.56 Å². The number of hydrogen-bond donors (Lipinski definition) is 1. The lowest BCUT2D eigenvalue weighted by molar-refractivity contribution is -0.178. The van der Waals surface area contributed by atoms with Gasteiger partial charge < -0.3 is 19.3 Å². The van der Waals surface area contributed by atoms with E-state index in [9.17, 15) is 19.5 Å². The minimum absolute atomic E-state index is 0.000561. The van der Waals surface area contributed by atoms with Crippen molar-refractivity contribution in [2.24, 2.45) is 0 Å². The largest absolute Gasteiger partial charge is 0.466 e. The van der Waals surface area contributed by atoms with Crippen LogP contribution in [0.5, 0.6) is 0 Å². The van der Waals surface area contributed by atoms with Gasteiger partial charge in [0.2, 0.25) is 0 Å². The molecule has 0 spiro atoms. The first-order valence-corrected chi connectivity index (χ1v) is 8.12. The van der Waals surface area contributed by atoms with Gasteiger partial charge in [0.15, 0.2) is 5.60 Å². The Kier molecular flexibility index (Phi) is 8.07. The summed E-state index contributed by atoms with van der Waals surface area (Å²) in [7, 11) is 0. The van der Waals surface area contributed by atoms with Gasteiger partial charge in [0.25, 0.3) is 0 Å². The lowest BCUT2D eigenvalue weighted by Gasteiger charge is -2.24. The molecule has 0 heterocycles. The second kappa shape index (κ2) is 9.78. The molecular weight excluding hydrogens is 328 g/mol. The van der Waals surface area contributed by atoms with Crippen LogP contribution < -0.4 is 0 Å². The molecule has 138 valence electrons. The molecule has 1 N–H and O–H groups in total. The molecule has 0 aliphatic carbocycles. The van der Waals surface area contributed by atoms with Crippen LogP contribution in [0.25, 0.3) is 0 Å². The molecule has 0 aromatic heterocycles. The number of carbonyl (C=O) groups is 3. The van der Waals surface area contributed by atoms with Crippen molar-refractivity contribution < 1.29 is 33.7 Å². The van der Waals surface area contributed by atoms with Crippen molar-refractivity contribution in [2.75, 3.05) is 13.2 Å².